The van der Waals surface area contributed by atoms with Crippen molar-refractivity contribution in [1.82, 2.24) is 4.90 Å². The van der Waals surface area contributed by atoms with Crippen LogP contribution < -0.4 is 0 Å². The molecule has 1 aliphatic rings. The van der Waals surface area contributed by atoms with Gasteiger partial charge < -0.3 is 10.0 Å². The van der Waals surface area contributed by atoms with Crippen LogP contribution in [0.5, 0.6) is 0 Å². The first-order chi connectivity index (χ1) is 13.6. The number of benzene rings is 3. The first-order valence-electron chi connectivity index (χ1n) is 9.41. The van der Waals surface area contributed by atoms with Crippen LogP contribution >= 0.6 is 0 Å². The minimum atomic E-state index is -0.951. The van der Waals surface area contributed by atoms with E-state index in [0.717, 1.165) is 16.7 Å². The fourth-order valence-electron chi connectivity index (χ4n) is 3.92. The molecule has 4 rings (SSSR count). The second kappa shape index (κ2) is 7.69. The van der Waals surface area contributed by atoms with Crippen molar-refractivity contribution < 1.29 is 14.7 Å². The van der Waals surface area contributed by atoms with Gasteiger partial charge in [-0.25, -0.2) is 4.79 Å². The maximum atomic E-state index is 13.3. The lowest BCUT2D eigenvalue weighted by Gasteiger charge is -2.29. The van der Waals surface area contributed by atoms with Gasteiger partial charge in [-0.05, 0) is 41.7 Å². The highest BCUT2D eigenvalue weighted by Crippen LogP contribution is 2.37. The lowest BCUT2D eigenvalue weighted by Crippen LogP contribution is -2.41. The number of aliphatic carboxylic acids is 1. The van der Waals surface area contributed by atoms with E-state index in [1.807, 2.05) is 72.8 Å². The van der Waals surface area contributed by atoms with Crippen LogP contribution in [0.2, 0.25) is 0 Å². The maximum Gasteiger partial charge on any atom is 0.326 e. The van der Waals surface area contributed by atoms with Gasteiger partial charge in [-0.15, -0.1) is 0 Å². The summed E-state index contributed by atoms with van der Waals surface area (Å²) >= 11 is 0. The van der Waals surface area contributed by atoms with Crippen molar-refractivity contribution >= 4 is 11.9 Å². The molecule has 1 fully saturated rings. The normalized spacial score (nSPS) is 18.8. The molecule has 1 aliphatic heterocycles. The largest absolute Gasteiger partial charge is 0.480 e. The van der Waals surface area contributed by atoms with Crippen molar-refractivity contribution in [2.75, 3.05) is 0 Å². The van der Waals surface area contributed by atoms with E-state index in [1.54, 1.807) is 12.1 Å². The van der Waals surface area contributed by atoms with E-state index in [1.165, 1.54) is 4.90 Å². The summed E-state index contributed by atoms with van der Waals surface area (Å²) in [4.78, 5) is 26.6. The SMILES string of the molecule is O=C(O)[C@@H]1CC[C@H](c2ccccc2)N1C(=O)c1ccc(-c2ccccc2)cc1. The zero-order chi connectivity index (χ0) is 19.5. The summed E-state index contributed by atoms with van der Waals surface area (Å²) in [6.45, 7) is 0. The number of carboxylic acids is 1. The molecule has 4 heteroatoms. The van der Waals surface area contributed by atoms with Crippen LogP contribution in [-0.2, 0) is 4.79 Å². The van der Waals surface area contributed by atoms with E-state index < -0.39 is 12.0 Å². The maximum absolute atomic E-state index is 13.3. The molecule has 3 aromatic carbocycles. The van der Waals surface area contributed by atoms with Gasteiger partial charge in [0.25, 0.3) is 5.91 Å². The molecule has 1 N–H and O–H groups in total. The Morgan fingerprint density at radius 3 is 1.93 bits per heavy atom. The van der Waals surface area contributed by atoms with Crippen LogP contribution in [0.4, 0.5) is 0 Å². The molecule has 2 atom stereocenters. The van der Waals surface area contributed by atoms with Crippen LogP contribution in [0.15, 0.2) is 84.9 Å². The number of carboxylic acid groups (broad SMARTS) is 1. The van der Waals surface area contributed by atoms with Gasteiger partial charge in [0, 0.05) is 5.56 Å². The van der Waals surface area contributed by atoms with Gasteiger partial charge in [0.15, 0.2) is 0 Å². The summed E-state index contributed by atoms with van der Waals surface area (Å²) in [5.41, 5.74) is 3.58. The molecule has 1 heterocycles. The highest BCUT2D eigenvalue weighted by molar-refractivity contribution is 5.97. The average molecular weight is 371 g/mol. The molecule has 0 saturated carbocycles. The average Bonchev–Trinajstić information content (AvgIpc) is 3.20. The zero-order valence-electron chi connectivity index (χ0n) is 15.4. The summed E-state index contributed by atoms with van der Waals surface area (Å²) in [7, 11) is 0. The number of hydrogen-bond acceptors (Lipinski definition) is 2. The Hall–Kier alpha value is -3.40. The Balaban J connectivity index is 1.64. The van der Waals surface area contributed by atoms with Crippen LogP contribution in [-0.4, -0.2) is 27.9 Å². The van der Waals surface area contributed by atoms with Gasteiger partial charge in [-0.2, -0.15) is 0 Å². The Morgan fingerprint density at radius 2 is 1.32 bits per heavy atom. The van der Waals surface area contributed by atoms with Crippen molar-refractivity contribution in [3.63, 3.8) is 0 Å². The van der Waals surface area contributed by atoms with Crippen LogP contribution in [0.1, 0.15) is 34.8 Å². The van der Waals surface area contributed by atoms with Gasteiger partial charge >= 0.3 is 5.97 Å². The van der Waals surface area contributed by atoms with Gasteiger partial charge in [0.05, 0.1) is 6.04 Å². The number of hydrogen-bond donors (Lipinski definition) is 1. The quantitative estimate of drug-likeness (QED) is 0.718. The Kier molecular flexibility index (Phi) is 4.94. The second-order valence-corrected chi connectivity index (χ2v) is 7.01. The van der Waals surface area contributed by atoms with Crippen molar-refractivity contribution in [3.05, 3.63) is 96.1 Å². The molecule has 0 radical (unpaired) electrons. The number of likely N-dealkylation sites (tertiary alicyclic amines) is 1. The van der Waals surface area contributed by atoms with Gasteiger partial charge in [0.1, 0.15) is 6.04 Å². The highest BCUT2D eigenvalue weighted by Gasteiger charge is 2.41. The molecule has 1 saturated heterocycles. The number of nitrogens with zero attached hydrogens (tertiary/aromatic N) is 1. The Labute approximate surface area is 164 Å². The predicted molar refractivity (Wildman–Crippen MR) is 108 cm³/mol. The minimum Gasteiger partial charge on any atom is -0.480 e. The fourth-order valence-corrected chi connectivity index (χ4v) is 3.92. The summed E-state index contributed by atoms with van der Waals surface area (Å²) in [5, 5.41) is 9.64. The number of carbonyl (C=O) groups is 2. The fraction of sp³-hybridized carbons (Fsp3) is 0.167. The molecule has 0 spiro atoms. The third-order valence-corrected chi connectivity index (χ3v) is 5.33. The van der Waals surface area contributed by atoms with E-state index in [2.05, 4.69) is 0 Å². The van der Waals surface area contributed by atoms with Gasteiger partial charge in [-0.3, -0.25) is 4.79 Å². The van der Waals surface area contributed by atoms with Crippen molar-refractivity contribution in [1.29, 1.82) is 0 Å². The van der Waals surface area contributed by atoms with E-state index in [9.17, 15) is 14.7 Å². The van der Waals surface area contributed by atoms with E-state index in [-0.39, 0.29) is 11.9 Å². The molecule has 0 aliphatic carbocycles. The number of rotatable bonds is 4. The van der Waals surface area contributed by atoms with Crippen LogP contribution in [0.25, 0.3) is 11.1 Å². The predicted octanol–water partition coefficient (Wildman–Crippen LogP) is 4.78. The van der Waals surface area contributed by atoms with Gasteiger partial charge in [0.2, 0.25) is 0 Å². The van der Waals surface area contributed by atoms with E-state index >= 15 is 0 Å². The smallest absolute Gasteiger partial charge is 0.326 e. The number of amides is 1. The molecule has 0 aromatic heterocycles. The first kappa shape index (κ1) is 18.0. The van der Waals surface area contributed by atoms with Crippen molar-refractivity contribution in [2.45, 2.75) is 24.9 Å². The standard InChI is InChI=1S/C24H21NO3/c26-23(20-13-11-18(12-14-20)17-7-3-1-4-8-17)25-21(15-16-22(25)24(27)28)19-9-5-2-6-10-19/h1-14,21-22H,15-16H2,(H,27,28)/t21-,22+/m1/s1. The molecule has 140 valence electrons. The Bertz CT molecular complexity index is 968. The summed E-state index contributed by atoms with van der Waals surface area (Å²) in [5.74, 6) is -1.19. The molecule has 4 nitrogen and oxygen atoms in total. The lowest BCUT2D eigenvalue weighted by atomic mass is 10.0. The molecular formula is C24H21NO3. The van der Waals surface area contributed by atoms with E-state index in [0.29, 0.717) is 18.4 Å². The second-order valence-electron chi connectivity index (χ2n) is 7.01. The van der Waals surface area contributed by atoms with Crippen molar-refractivity contribution in [3.8, 4) is 11.1 Å². The summed E-state index contributed by atoms with van der Waals surface area (Å²) in [6.07, 6.45) is 1.11. The molecule has 0 unspecified atom stereocenters. The molecule has 3 aromatic rings. The first-order valence-corrected chi connectivity index (χ1v) is 9.41. The molecule has 1 amide bonds. The van der Waals surface area contributed by atoms with Crippen molar-refractivity contribution in [2.24, 2.45) is 0 Å². The molecular weight excluding hydrogens is 350 g/mol. The monoisotopic (exact) mass is 371 g/mol. The van der Waals surface area contributed by atoms with E-state index in [4.69, 9.17) is 0 Å². The highest BCUT2D eigenvalue weighted by atomic mass is 16.4. The summed E-state index contributed by atoms with van der Waals surface area (Å²) in [6, 6.07) is 26.0. The lowest BCUT2D eigenvalue weighted by molar-refractivity contribution is -0.141. The third kappa shape index (κ3) is 3.41. The molecule has 0 bridgehead atoms. The van der Waals surface area contributed by atoms with Crippen LogP contribution in [0, 0.1) is 0 Å². The zero-order valence-corrected chi connectivity index (χ0v) is 15.4. The van der Waals surface area contributed by atoms with Gasteiger partial charge in [-0.1, -0.05) is 72.8 Å². The summed E-state index contributed by atoms with van der Waals surface area (Å²) < 4.78 is 0. The van der Waals surface area contributed by atoms with Crippen LogP contribution in [0.3, 0.4) is 0 Å². The number of carbonyl (C=O) groups excluding carboxylic acids is 1. The third-order valence-electron chi connectivity index (χ3n) is 5.33. The minimum absolute atomic E-state index is 0.219. The molecule has 28 heavy (non-hydrogen) atoms. The topological polar surface area (TPSA) is 57.6 Å². The Morgan fingerprint density at radius 1 is 0.750 bits per heavy atom.